The number of aryl methyl sites for hydroxylation is 1. The van der Waals surface area contributed by atoms with Crippen molar-refractivity contribution >= 4 is 17.5 Å². The minimum atomic E-state index is -0.640. The Labute approximate surface area is 158 Å². The zero-order valence-corrected chi connectivity index (χ0v) is 16.0. The van der Waals surface area contributed by atoms with Gasteiger partial charge in [-0.2, -0.15) is 4.39 Å². The van der Waals surface area contributed by atoms with Crippen molar-refractivity contribution in [3.05, 3.63) is 35.5 Å². The molecule has 2 fully saturated rings. The minimum Gasteiger partial charge on any atom is -0.340 e. The van der Waals surface area contributed by atoms with Crippen molar-refractivity contribution < 1.29 is 14.0 Å². The van der Waals surface area contributed by atoms with E-state index in [0.717, 1.165) is 24.9 Å². The van der Waals surface area contributed by atoms with E-state index in [0.29, 0.717) is 25.2 Å². The number of likely N-dealkylation sites (tertiary alicyclic amines) is 2. The summed E-state index contributed by atoms with van der Waals surface area (Å²) in [5, 5.41) is 0. The smallest absolute Gasteiger partial charge is 0.277 e. The third-order valence-corrected chi connectivity index (χ3v) is 5.94. The Morgan fingerprint density at radius 3 is 2.78 bits per heavy atom. The largest absolute Gasteiger partial charge is 0.340 e. The second-order valence-electron chi connectivity index (χ2n) is 8.14. The van der Waals surface area contributed by atoms with E-state index < -0.39 is 17.3 Å². The number of aromatic nitrogens is 2. The Morgan fingerprint density at radius 2 is 2.04 bits per heavy atom. The fourth-order valence-electron chi connectivity index (χ4n) is 4.43. The van der Waals surface area contributed by atoms with Crippen LogP contribution in [-0.2, 0) is 4.79 Å². The Balaban J connectivity index is 1.60. The highest BCUT2D eigenvalue weighted by atomic mass is 19.1. The number of amides is 2. The zero-order chi connectivity index (χ0) is 19.3. The number of halogens is 1. The molecule has 0 saturated carbocycles. The third-order valence-electron chi connectivity index (χ3n) is 5.94. The first-order valence-corrected chi connectivity index (χ1v) is 9.57. The lowest BCUT2D eigenvalue weighted by Gasteiger charge is -2.41. The first-order chi connectivity index (χ1) is 12.8. The maximum atomic E-state index is 14.8. The fourth-order valence-corrected chi connectivity index (χ4v) is 4.43. The van der Waals surface area contributed by atoms with Crippen LogP contribution in [0.15, 0.2) is 18.3 Å². The van der Waals surface area contributed by atoms with Gasteiger partial charge in [-0.3, -0.25) is 14.0 Å². The van der Waals surface area contributed by atoms with E-state index in [4.69, 9.17) is 0 Å². The number of fused-ring (bicyclic) bond motifs is 1. The highest BCUT2D eigenvalue weighted by Gasteiger charge is 2.50. The van der Waals surface area contributed by atoms with Gasteiger partial charge in [0.25, 0.3) is 5.91 Å². The molecule has 2 saturated heterocycles. The molecule has 27 heavy (non-hydrogen) atoms. The van der Waals surface area contributed by atoms with Crippen molar-refractivity contribution in [2.24, 2.45) is 5.41 Å². The molecule has 2 aromatic rings. The third kappa shape index (κ3) is 2.80. The van der Waals surface area contributed by atoms with Crippen molar-refractivity contribution in [3.8, 4) is 0 Å². The van der Waals surface area contributed by atoms with Crippen LogP contribution in [0.5, 0.6) is 0 Å². The number of hydrogen-bond acceptors (Lipinski definition) is 3. The lowest BCUT2D eigenvalue weighted by molar-refractivity contribution is -0.147. The van der Waals surface area contributed by atoms with Gasteiger partial charge in [-0.15, -0.1) is 0 Å². The van der Waals surface area contributed by atoms with Gasteiger partial charge in [0.15, 0.2) is 5.69 Å². The van der Waals surface area contributed by atoms with Gasteiger partial charge in [-0.25, -0.2) is 4.98 Å². The van der Waals surface area contributed by atoms with Crippen molar-refractivity contribution in [2.75, 3.05) is 19.6 Å². The summed E-state index contributed by atoms with van der Waals surface area (Å²) in [4.78, 5) is 33.7. The number of imidazole rings is 1. The molecule has 2 amide bonds. The zero-order valence-electron chi connectivity index (χ0n) is 16.0. The second kappa shape index (κ2) is 6.32. The van der Waals surface area contributed by atoms with Crippen LogP contribution in [0.4, 0.5) is 4.39 Å². The van der Waals surface area contributed by atoms with E-state index in [2.05, 4.69) is 4.98 Å². The monoisotopic (exact) mass is 372 g/mol. The molecule has 1 unspecified atom stereocenters. The highest BCUT2D eigenvalue weighted by Crippen LogP contribution is 2.41. The summed E-state index contributed by atoms with van der Waals surface area (Å²) < 4.78 is 16.1. The topological polar surface area (TPSA) is 57.9 Å². The second-order valence-corrected chi connectivity index (χ2v) is 8.14. The van der Waals surface area contributed by atoms with Gasteiger partial charge in [0.2, 0.25) is 11.9 Å². The Bertz CT molecular complexity index is 922. The summed E-state index contributed by atoms with van der Waals surface area (Å²) in [6.45, 7) is 7.47. The van der Waals surface area contributed by atoms with Crippen LogP contribution in [0.25, 0.3) is 5.65 Å². The first-order valence-electron chi connectivity index (χ1n) is 9.57. The molecule has 1 atom stereocenters. The van der Waals surface area contributed by atoms with Crippen LogP contribution in [0.1, 0.15) is 49.2 Å². The highest BCUT2D eigenvalue weighted by molar-refractivity contribution is 5.94. The number of rotatable bonds is 2. The average Bonchev–Trinajstić information content (AvgIpc) is 3.20. The SMILES string of the molecule is Cc1ccc2nc(C(=O)N3CCC4(CCCN(C(C)C)C4=O)C3)c(F)n2c1. The van der Waals surface area contributed by atoms with Crippen LogP contribution in [-0.4, -0.2) is 56.7 Å². The molecular formula is C20H25FN4O2. The molecule has 0 N–H and O–H groups in total. The van der Waals surface area contributed by atoms with Crippen LogP contribution in [0, 0.1) is 18.3 Å². The quantitative estimate of drug-likeness (QED) is 0.814. The number of piperidine rings is 1. The summed E-state index contributed by atoms with van der Waals surface area (Å²) >= 11 is 0. The molecule has 144 valence electrons. The lowest BCUT2D eigenvalue weighted by Crippen LogP contribution is -2.52. The molecule has 4 heterocycles. The maximum absolute atomic E-state index is 14.8. The molecular weight excluding hydrogens is 347 g/mol. The molecule has 1 spiro atoms. The van der Waals surface area contributed by atoms with Gasteiger partial charge in [0.1, 0.15) is 5.65 Å². The Morgan fingerprint density at radius 1 is 1.26 bits per heavy atom. The van der Waals surface area contributed by atoms with Crippen LogP contribution in [0.2, 0.25) is 0 Å². The van der Waals surface area contributed by atoms with Crippen LogP contribution in [0.3, 0.4) is 0 Å². The molecule has 4 rings (SSSR count). The van der Waals surface area contributed by atoms with Crippen LogP contribution >= 0.6 is 0 Å². The van der Waals surface area contributed by atoms with E-state index in [1.54, 1.807) is 17.2 Å². The molecule has 2 aliphatic rings. The van der Waals surface area contributed by atoms with E-state index in [1.807, 2.05) is 31.7 Å². The minimum absolute atomic E-state index is 0.130. The van der Waals surface area contributed by atoms with Crippen molar-refractivity contribution in [3.63, 3.8) is 0 Å². The van der Waals surface area contributed by atoms with Crippen LogP contribution < -0.4 is 0 Å². The van der Waals surface area contributed by atoms with Gasteiger partial charge in [-0.05, 0) is 51.7 Å². The van der Waals surface area contributed by atoms with Gasteiger partial charge in [0.05, 0.1) is 5.41 Å². The summed E-state index contributed by atoms with van der Waals surface area (Å²) in [6, 6.07) is 3.69. The lowest BCUT2D eigenvalue weighted by atomic mass is 9.78. The summed E-state index contributed by atoms with van der Waals surface area (Å²) in [7, 11) is 0. The summed E-state index contributed by atoms with van der Waals surface area (Å²) in [6.07, 6.45) is 3.99. The fraction of sp³-hybridized carbons (Fsp3) is 0.550. The van der Waals surface area contributed by atoms with E-state index in [-0.39, 0.29) is 17.6 Å². The van der Waals surface area contributed by atoms with Gasteiger partial charge in [-0.1, -0.05) is 6.07 Å². The molecule has 0 bridgehead atoms. The molecule has 0 aromatic carbocycles. The first kappa shape index (κ1) is 17.9. The number of carbonyl (C=O) groups is 2. The molecule has 7 heteroatoms. The predicted octanol–water partition coefficient (Wildman–Crippen LogP) is 2.64. The molecule has 6 nitrogen and oxygen atoms in total. The normalized spacial score (nSPS) is 23.2. The Hall–Kier alpha value is -2.44. The van der Waals surface area contributed by atoms with E-state index in [9.17, 15) is 14.0 Å². The summed E-state index contributed by atoms with van der Waals surface area (Å²) in [5.41, 5.74) is 0.612. The molecule has 0 radical (unpaired) electrons. The number of nitrogens with zero attached hydrogens (tertiary/aromatic N) is 4. The van der Waals surface area contributed by atoms with Crippen molar-refractivity contribution in [2.45, 2.75) is 46.1 Å². The number of pyridine rings is 1. The number of hydrogen-bond donors (Lipinski definition) is 0. The average molecular weight is 372 g/mol. The van der Waals surface area contributed by atoms with Gasteiger partial charge < -0.3 is 9.80 Å². The van der Waals surface area contributed by atoms with E-state index in [1.165, 1.54) is 4.40 Å². The maximum Gasteiger partial charge on any atom is 0.277 e. The standard InChI is InChI=1S/C20H25FN4O2/c1-13(2)24-9-4-7-20(19(24)27)8-10-23(12-20)18(26)16-17(21)25-11-14(3)5-6-15(25)22-16/h5-6,11,13H,4,7-10,12H2,1-3H3. The van der Waals surface area contributed by atoms with E-state index >= 15 is 0 Å². The molecule has 0 aliphatic carbocycles. The Kier molecular flexibility index (Phi) is 4.20. The molecule has 2 aliphatic heterocycles. The number of carbonyl (C=O) groups excluding carboxylic acids is 2. The van der Waals surface area contributed by atoms with Gasteiger partial charge >= 0.3 is 0 Å². The molecule has 2 aromatic heterocycles. The summed E-state index contributed by atoms with van der Waals surface area (Å²) in [5.74, 6) is -0.941. The van der Waals surface area contributed by atoms with Crippen molar-refractivity contribution in [1.29, 1.82) is 0 Å². The predicted molar refractivity (Wildman–Crippen MR) is 98.9 cm³/mol. The van der Waals surface area contributed by atoms with Crippen molar-refractivity contribution in [1.82, 2.24) is 19.2 Å². The van der Waals surface area contributed by atoms with Gasteiger partial charge in [0, 0.05) is 31.9 Å².